The van der Waals surface area contributed by atoms with Gasteiger partial charge in [-0.05, 0) is 83.5 Å². The molecule has 0 bridgehead atoms. The van der Waals surface area contributed by atoms with Crippen molar-refractivity contribution in [3.8, 4) is 0 Å². The molecule has 0 aliphatic heterocycles. The quantitative estimate of drug-likeness (QED) is 0.0320. The molecule has 2 atom stereocenters. The standard InChI is InChI=1S/C77H147NO5/c1-3-5-7-9-11-13-15-17-19-38-43-47-51-55-59-63-67-71-77(82)83-72-68-64-60-56-52-48-44-40-37-35-33-31-29-27-25-23-21-22-24-26-28-30-32-34-36-39-42-46-50-54-58-62-66-70-76(81)78-74(73-79)75(80)69-65-61-57-53-49-45-41-20-18-16-14-12-10-8-6-4-2/h17,19,25,27,65,69,74-75,79-80H,3-16,18,20-24,26,28-64,66-68,70-73H2,1-2H3,(H,78,81)/b19-17-,27-25-,69-65+. The molecular weight excluding hydrogens is 1020 g/mol. The molecule has 6 heteroatoms. The smallest absolute Gasteiger partial charge is 0.305 e. The zero-order valence-electron chi connectivity index (χ0n) is 56.2. The molecule has 3 N–H and O–H groups in total. The summed E-state index contributed by atoms with van der Waals surface area (Å²) < 4.78 is 5.51. The summed E-state index contributed by atoms with van der Waals surface area (Å²) in [6.07, 6.45) is 93.9. The molecule has 6 nitrogen and oxygen atoms in total. The topological polar surface area (TPSA) is 95.9 Å². The Bertz CT molecular complexity index is 1340. The lowest BCUT2D eigenvalue weighted by atomic mass is 10.0. The number of rotatable bonds is 71. The Kier molecular flexibility index (Phi) is 70.9. The van der Waals surface area contributed by atoms with Crippen LogP contribution in [0.3, 0.4) is 0 Å². The summed E-state index contributed by atoms with van der Waals surface area (Å²) in [5.41, 5.74) is 0. The van der Waals surface area contributed by atoms with E-state index in [4.69, 9.17) is 4.74 Å². The van der Waals surface area contributed by atoms with E-state index in [0.717, 1.165) is 44.9 Å². The molecule has 0 aliphatic rings. The number of aliphatic hydroxyl groups excluding tert-OH is 2. The van der Waals surface area contributed by atoms with E-state index >= 15 is 0 Å². The van der Waals surface area contributed by atoms with Crippen LogP contribution in [-0.4, -0.2) is 47.4 Å². The minimum atomic E-state index is -0.842. The van der Waals surface area contributed by atoms with Gasteiger partial charge in [0.15, 0.2) is 0 Å². The van der Waals surface area contributed by atoms with Gasteiger partial charge in [-0.3, -0.25) is 9.59 Å². The molecule has 0 heterocycles. The zero-order valence-corrected chi connectivity index (χ0v) is 56.2. The number of carbonyl (C=O) groups is 2. The molecule has 2 unspecified atom stereocenters. The maximum absolute atomic E-state index is 12.5. The Balaban J connectivity index is 3.35. The Morgan fingerprint density at radius 2 is 0.566 bits per heavy atom. The number of hydrogen-bond donors (Lipinski definition) is 3. The van der Waals surface area contributed by atoms with Crippen LogP contribution in [0, 0.1) is 0 Å². The molecule has 0 aromatic carbocycles. The number of unbranched alkanes of at least 4 members (excludes halogenated alkanes) is 56. The van der Waals surface area contributed by atoms with Crippen molar-refractivity contribution in [1.82, 2.24) is 5.32 Å². The Morgan fingerprint density at radius 3 is 0.855 bits per heavy atom. The first kappa shape index (κ1) is 81.1. The third-order valence-electron chi connectivity index (χ3n) is 17.6. The van der Waals surface area contributed by atoms with Gasteiger partial charge in [-0.15, -0.1) is 0 Å². The second-order valence-electron chi connectivity index (χ2n) is 26.0. The fourth-order valence-corrected chi connectivity index (χ4v) is 11.9. The summed E-state index contributed by atoms with van der Waals surface area (Å²) in [7, 11) is 0. The number of allylic oxidation sites excluding steroid dienone is 5. The van der Waals surface area contributed by atoms with Crippen LogP contribution in [0.15, 0.2) is 36.5 Å². The van der Waals surface area contributed by atoms with Crippen molar-refractivity contribution < 1.29 is 24.5 Å². The highest BCUT2D eigenvalue weighted by molar-refractivity contribution is 5.76. The van der Waals surface area contributed by atoms with Crippen molar-refractivity contribution in [3.05, 3.63) is 36.5 Å². The van der Waals surface area contributed by atoms with Crippen molar-refractivity contribution in [1.29, 1.82) is 0 Å². The molecule has 0 rings (SSSR count). The fourth-order valence-electron chi connectivity index (χ4n) is 11.9. The first-order valence-electron chi connectivity index (χ1n) is 37.8. The van der Waals surface area contributed by atoms with Gasteiger partial charge in [0.25, 0.3) is 0 Å². The van der Waals surface area contributed by atoms with Crippen LogP contribution in [0.25, 0.3) is 0 Å². The summed E-state index contributed by atoms with van der Waals surface area (Å²) in [6.45, 7) is 4.93. The van der Waals surface area contributed by atoms with Crippen LogP contribution in [0.1, 0.15) is 418 Å². The van der Waals surface area contributed by atoms with Crippen LogP contribution >= 0.6 is 0 Å². The maximum atomic E-state index is 12.5. The summed E-state index contributed by atoms with van der Waals surface area (Å²) in [5.74, 6) is -0.0464. The van der Waals surface area contributed by atoms with Gasteiger partial charge >= 0.3 is 5.97 Å². The van der Waals surface area contributed by atoms with Gasteiger partial charge in [-0.2, -0.15) is 0 Å². The normalized spacial score (nSPS) is 12.7. The molecule has 490 valence electrons. The average molecular weight is 1170 g/mol. The van der Waals surface area contributed by atoms with Crippen molar-refractivity contribution in [2.24, 2.45) is 0 Å². The van der Waals surface area contributed by atoms with Crippen LogP contribution < -0.4 is 5.32 Å². The number of ether oxygens (including phenoxy) is 1. The molecule has 0 fully saturated rings. The minimum Gasteiger partial charge on any atom is -0.466 e. The van der Waals surface area contributed by atoms with E-state index < -0.39 is 12.1 Å². The van der Waals surface area contributed by atoms with Crippen LogP contribution in [0.5, 0.6) is 0 Å². The molecule has 1 amide bonds. The lowest BCUT2D eigenvalue weighted by molar-refractivity contribution is -0.143. The van der Waals surface area contributed by atoms with Gasteiger partial charge in [0, 0.05) is 12.8 Å². The predicted octanol–water partition coefficient (Wildman–Crippen LogP) is 24.7. The average Bonchev–Trinajstić information content (AvgIpc) is 3.49. The van der Waals surface area contributed by atoms with E-state index in [9.17, 15) is 19.8 Å². The number of esters is 1. The molecule has 0 aromatic rings. The van der Waals surface area contributed by atoms with Crippen molar-refractivity contribution in [2.75, 3.05) is 13.2 Å². The molecule has 0 radical (unpaired) electrons. The van der Waals surface area contributed by atoms with Crippen molar-refractivity contribution >= 4 is 11.9 Å². The second-order valence-corrected chi connectivity index (χ2v) is 26.0. The number of aliphatic hydroxyl groups is 2. The van der Waals surface area contributed by atoms with E-state index in [-0.39, 0.29) is 18.5 Å². The fraction of sp³-hybridized carbons (Fsp3) is 0.896. The maximum Gasteiger partial charge on any atom is 0.305 e. The van der Waals surface area contributed by atoms with E-state index in [1.165, 1.54) is 347 Å². The van der Waals surface area contributed by atoms with E-state index in [1.54, 1.807) is 6.08 Å². The second kappa shape index (κ2) is 72.6. The molecule has 0 saturated carbocycles. The van der Waals surface area contributed by atoms with E-state index in [1.807, 2.05) is 6.08 Å². The summed E-state index contributed by atoms with van der Waals surface area (Å²) in [4.78, 5) is 24.6. The number of nitrogens with one attached hydrogen (secondary N) is 1. The molecule has 0 spiro atoms. The number of amides is 1. The molecule has 0 aliphatic carbocycles. The van der Waals surface area contributed by atoms with Crippen LogP contribution in [0.2, 0.25) is 0 Å². The SMILES string of the molecule is CCCCCCCC/C=C\CCCCCCCCCC(=O)OCCCCCCCCCCCCCC/C=C\CCCCCCCCCCCCCCCCCCCC(=O)NC(CO)C(O)/C=C/CCCCCCCCCCCCCCCC. The summed E-state index contributed by atoms with van der Waals surface area (Å²) in [5, 5.41) is 23.2. The molecular formula is C77H147NO5. The van der Waals surface area contributed by atoms with E-state index in [2.05, 4.69) is 43.5 Å². The summed E-state index contributed by atoms with van der Waals surface area (Å²) >= 11 is 0. The largest absolute Gasteiger partial charge is 0.466 e. The third kappa shape index (κ3) is 69.1. The lowest BCUT2D eigenvalue weighted by Crippen LogP contribution is -2.45. The first-order valence-corrected chi connectivity index (χ1v) is 37.8. The Labute approximate surface area is 519 Å². The number of hydrogen-bond acceptors (Lipinski definition) is 5. The van der Waals surface area contributed by atoms with Crippen molar-refractivity contribution in [3.63, 3.8) is 0 Å². The highest BCUT2D eigenvalue weighted by atomic mass is 16.5. The highest BCUT2D eigenvalue weighted by Crippen LogP contribution is 2.19. The summed E-state index contributed by atoms with van der Waals surface area (Å²) in [6, 6.07) is -0.626. The van der Waals surface area contributed by atoms with Crippen LogP contribution in [-0.2, 0) is 14.3 Å². The highest BCUT2D eigenvalue weighted by Gasteiger charge is 2.18. The van der Waals surface area contributed by atoms with Gasteiger partial charge in [-0.1, -0.05) is 359 Å². The van der Waals surface area contributed by atoms with E-state index in [0.29, 0.717) is 19.4 Å². The number of carbonyl (C=O) groups excluding carboxylic acids is 2. The van der Waals surface area contributed by atoms with Gasteiger partial charge in [0.05, 0.1) is 25.4 Å². The van der Waals surface area contributed by atoms with Gasteiger partial charge in [0.2, 0.25) is 5.91 Å². The monoisotopic (exact) mass is 1170 g/mol. The molecule has 83 heavy (non-hydrogen) atoms. The Hall–Kier alpha value is -1.92. The third-order valence-corrected chi connectivity index (χ3v) is 17.6. The van der Waals surface area contributed by atoms with Crippen LogP contribution in [0.4, 0.5) is 0 Å². The molecule has 0 aromatic heterocycles. The Morgan fingerprint density at radius 1 is 0.325 bits per heavy atom. The van der Waals surface area contributed by atoms with Gasteiger partial charge in [-0.25, -0.2) is 0 Å². The molecule has 0 saturated heterocycles. The first-order chi connectivity index (χ1) is 41.0. The zero-order chi connectivity index (χ0) is 59.9. The minimum absolute atomic E-state index is 0.0157. The lowest BCUT2D eigenvalue weighted by Gasteiger charge is -2.20. The van der Waals surface area contributed by atoms with Crippen molar-refractivity contribution in [2.45, 2.75) is 431 Å². The van der Waals surface area contributed by atoms with Gasteiger partial charge < -0.3 is 20.3 Å². The predicted molar refractivity (Wildman–Crippen MR) is 366 cm³/mol. The van der Waals surface area contributed by atoms with Gasteiger partial charge in [0.1, 0.15) is 0 Å².